The second kappa shape index (κ2) is 4.55. The monoisotopic (exact) mass is 278 g/mol. The Balaban J connectivity index is 1.90. The molecule has 0 spiro atoms. The minimum absolute atomic E-state index is 0.213. The lowest BCUT2D eigenvalue weighted by atomic mass is 9.86. The molecule has 0 atom stereocenters. The van der Waals surface area contributed by atoms with E-state index in [4.69, 9.17) is 4.74 Å². The van der Waals surface area contributed by atoms with Crippen molar-refractivity contribution in [3.63, 3.8) is 0 Å². The minimum atomic E-state index is 0.213. The maximum absolute atomic E-state index is 12.0. The first-order valence-corrected chi connectivity index (χ1v) is 7.17. The van der Waals surface area contributed by atoms with E-state index in [1.165, 1.54) is 0 Å². The third-order valence-corrected chi connectivity index (χ3v) is 4.29. The fourth-order valence-corrected chi connectivity index (χ4v) is 3.22. The molecule has 4 rings (SSSR count). The molecule has 0 saturated carbocycles. The van der Waals surface area contributed by atoms with Crippen LogP contribution >= 0.6 is 0 Å². The number of ether oxygens (including phenoxy) is 1. The predicted molar refractivity (Wildman–Crippen MR) is 78.9 cm³/mol. The Kier molecular flexibility index (Phi) is 2.67. The van der Waals surface area contributed by atoms with E-state index >= 15 is 0 Å². The van der Waals surface area contributed by atoms with E-state index in [1.807, 2.05) is 24.3 Å². The summed E-state index contributed by atoms with van der Waals surface area (Å²) in [6.45, 7) is 0.441. The number of carbonyl (C=O) groups excluding carboxylic acids is 2. The van der Waals surface area contributed by atoms with Crippen LogP contribution in [0.3, 0.4) is 0 Å². The van der Waals surface area contributed by atoms with Gasteiger partial charge < -0.3 is 4.74 Å². The second-order valence-corrected chi connectivity index (χ2v) is 5.61. The molecule has 3 nitrogen and oxygen atoms in total. The maximum atomic E-state index is 12.0. The van der Waals surface area contributed by atoms with Gasteiger partial charge in [0.15, 0.2) is 5.78 Å². The average molecular weight is 278 g/mol. The van der Waals surface area contributed by atoms with Crippen LogP contribution in [0.5, 0.6) is 5.75 Å². The number of benzene rings is 2. The number of carbonyl (C=O) groups is 2. The van der Waals surface area contributed by atoms with Gasteiger partial charge in [-0.2, -0.15) is 0 Å². The van der Waals surface area contributed by atoms with Gasteiger partial charge >= 0.3 is 0 Å². The van der Waals surface area contributed by atoms with Crippen molar-refractivity contribution in [3.8, 4) is 16.9 Å². The quantitative estimate of drug-likeness (QED) is 0.749. The number of fused-ring (bicyclic) bond motifs is 4. The van der Waals surface area contributed by atoms with Crippen LogP contribution in [0.1, 0.15) is 44.7 Å². The summed E-state index contributed by atoms with van der Waals surface area (Å²) < 4.78 is 5.80. The largest absolute Gasteiger partial charge is 0.488 e. The van der Waals surface area contributed by atoms with Gasteiger partial charge in [-0.05, 0) is 47.7 Å². The van der Waals surface area contributed by atoms with E-state index in [-0.39, 0.29) is 5.78 Å². The van der Waals surface area contributed by atoms with Crippen molar-refractivity contribution in [3.05, 3.63) is 52.6 Å². The molecule has 3 heteroatoms. The van der Waals surface area contributed by atoms with Crippen LogP contribution in [0, 0.1) is 0 Å². The van der Waals surface area contributed by atoms with Gasteiger partial charge in [0.2, 0.25) is 0 Å². The molecular weight excluding hydrogens is 264 g/mol. The Labute approximate surface area is 122 Å². The third-order valence-electron chi connectivity index (χ3n) is 4.29. The molecule has 1 aliphatic heterocycles. The molecule has 0 N–H and O–H groups in total. The first-order chi connectivity index (χ1) is 10.3. The smallest absolute Gasteiger partial charge is 0.163 e. The Morgan fingerprint density at radius 3 is 2.71 bits per heavy atom. The van der Waals surface area contributed by atoms with Gasteiger partial charge in [-0.1, -0.05) is 12.1 Å². The normalized spacial score (nSPS) is 15.5. The maximum Gasteiger partial charge on any atom is 0.163 e. The van der Waals surface area contributed by atoms with Gasteiger partial charge in [0, 0.05) is 23.1 Å². The molecule has 0 radical (unpaired) electrons. The molecule has 0 aromatic heterocycles. The predicted octanol–water partition coefficient (Wildman–Crippen LogP) is 3.58. The zero-order valence-corrected chi connectivity index (χ0v) is 11.5. The van der Waals surface area contributed by atoms with Crippen molar-refractivity contribution < 1.29 is 14.3 Å². The zero-order chi connectivity index (χ0) is 14.4. The number of Topliss-reactive ketones (excluding diaryl/α,β-unsaturated/α-hetero) is 1. The Bertz CT molecular complexity index is 774. The van der Waals surface area contributed by atoms with Crippen LogP contribution in [0.2, 0.25) is 0 Å². The van der Waals surface area contributed by atoms with Crippen LogP contribution < -0.4 is 4.74 Å². The number of hydrogen-bond acceptors (Lipinski definition) is 3. The fourth-order valence-electron chi connectivity index (χ4n) is 3.22. The van der Waals surface area contributed by atoms with E-state index in [9.17, 15) is 9.59 Å². The van der Waals surface area contributed by atoms with Crippen molar-refractivity contribution in [2.75, 3.05) is 0 Å². The van der Waals surface area contributed by atoms with Crippen molar-refractivity contribution in [1.29, 1.82) is 0 Å². The highest BCUT2D eigenvalue weighted by Crippen LogP contribution is 2.41. The molecule has 21 heavy (non-hydrogen) atoms. The summed E-state index contributed by atoms with van der Waals surface area (Å²) in [5.74, 6) is 0.986. The summed E-state index contributed by atoms with van der Waals surface area (Å²) in [5, 5.41) is 0. The molecule has 2 aromatic carbocycles. The highest BCUT2D eigenvalue weighted by Gasteiger charge is 2.24. The molecule has 1 heterocycles. The summed E-state index contributed by atoms with van der Waals surface area (Å²) in [4.78, 5) is 22.9. The van der Waals surface area contributed by atoms with Gasteiger partial charge in [0.05, 0.1) is 0 Å². The van der Waals surface area contributed by atoms with Crippen molar-refractivity contribution in [2.45, 2.75) is 25.9 Å². The molecule has 0 fully saturated rings. The number of rotatable bonds is 1. The minimum Gasteiger partial charge on any atom is -0.488 e. The lowest BCUT2D eigenvalue weighted by Gasteiger charge is -2.24. The summed E-state index contributed by atoms with van der Waals surface area (Å²) in [6.07, 6.45) is 3.34. The lowest BCUT2D eigenvalue weighted by Crippen LogP contribution is -2.13. The van der Waals surface area contributed by atoms with Crippen molar-refractivity contribution in [2.24, 2.45) is 0 Å². The molecule has 0 bridgehead atoms. The SMILES string of the molecule is O=Cc1ccc2c(c1)COc1cc3c(cc1-2)CCCC3=O. The number of aryl methyl sites for hydroxylation is 1. The van der Waals surface area contributed by atoms with E-state index in [1.54, 1.807) is 0 Å². The molecule has 0 unspecified atom stereocenters. The first kappa shape index (κ1) is 12.3. The lowest BCUT2D eigenvalue weighted by molar-refractivity contribution is 0.0971. The molecule has 0 saturated heterocycles. The van der Waals surface area contributed by atoms with Crippen LogP contribution in [0.4, 0.5) is 0 Å². The van der Waals surface area contributed by atoms with E-state index in [0.717, 1.165) is 52.7 Å². The zero-order valence-electron chi connectivity index (χ0n) is 11.5. The highest BCUT2D eigenvalue weighted by molar-refractivity contribution is 6.00. The molecule has 0 amide bonds. The molecule has 2 aromatic rings. The van der Waals surface area contributed by atoms with Gasteiger partial charge in [-0.25, -0.2) is 0 Å². The summed E-state index contributed by atoms with van der Waals surface area (Å²) >= 11 is 0. The van der Waals surface area contributed by atoms with Gasteiger partial charge in [-0.3, -0.25) is 9.59 Å². The molecule has 2 aliphatic rings. The van der Waals surface area contributed by atoms with Crippen LogP contribution in [-0.2, 0) is 13.0 Å². The molecule has 1 aliphatic carbocycles. The number of ketones is 1. The summed E-state index contributed by atoms with van der Waals surface area (Å²) in [5.41, 5.74) is 5.74. The van der Waals surface area contributed by atoms with Crippen molar-refractivity contribution in [1.82, 2.24) is 0 Å². The number of aldehydes is 1. The van der Waals surface area contributed by atoms with E-state index < -0.39 is 0 Å². The first-order valence-electron chi connectivity index (χ1n) is 7.17. The van der Waals surface area contributed by atoms with Crippen LogP contribution in [0.25, 0.3) is 11.1 Å². The van der Waals surface area contributed by atoms with Gasteiger partial charge in [0.1, 0.15) is 18.6 Å². The summed E-state index contributed by atoms with van der Waals surface area (Å²) in [6, 6.07) is 9.64. The van der Waals surface area contributed by atoms with Gasteiger partial charge in [-0.15, -0.1) is 0 Å². The molecular formula is C18H14O3. The standard InChI is InChI=1S/C18H14O3/c19-9-11-4-5-14-13(6-11)10-21-18-8-15-12(7-16(14)18)2-1-3-17(15)20/h4-9H,1-3,10H2. The second-order valence-electron chi connectivity index (χ2n) is 5.61. The summed E-state index contributed by atoms with van der Waals surface area (Å²) in [7, 11) is 0. The topological polar surface area (TPSA) is 43.4 Å². The van der Waals surface area contributed by atoms with E-state index in [0.29, 0.717) is 18.6 Å². The number of hydrogen-bond donors (Lipinski definition) is 0. The average Bonchev–Trinajstić information content (AvgIpc) is 2.53. The molecule has 104 valence electrons. The Morgan fingerprint density at radius 2 is 1.86 bits per heavy atom. The van der Waals surface area contributed by atoms with Crippen LogP contribution in [-0.4, -0.2) is 12.1 Å². The van der Waals surface area contributed by atoms with Crippen LogP contribution in [0.15, 0.2) is 30.3 Å². The Morgan fingerprint density at radius 1 is 0.952 bits per heavy atom. The fraction of sp³-hybridized carbons (Fsp3) is 0.222. The highest BCUT2D eigenvalue weighted by atomic mass is 16.5. The van der Waals surface area contributed by atoms with Crippen molar-refractivity contribution >= 4 is 12.1 Å². The van der Waals surface area contributed by atoms with Gasteiger partial charge in [0.25, 0.3) is 0 Å². The third kappa shape index (κ3) is 1.88. The Hall–Kier alpha value is -2.42. The van der Waals surface area contributed by atoms with E-state index in [2.05, 4.69) is 6.07 Å².